The van der Waals surface area contributed by atoms with Gasteiger partial charge in [-0.15, -0.1) is 0 Å². The minimum Gasteiger partial charge on any atom is -0.394 e. The van der Waals surface area contributed by atoms with E-state index in [2.05, 4.69) is 10.3 Å². The summed E-state index contributed by atoms with van der Waals surface area (Å²) in [6.45, 7) is 2.34. The maximum Gasteiger partial charge on any atom is 0.222 e. The lowest BCUT2D eigenvalue weighted by atomic mass is 10.3. The molecule has 14 heavy (non-hydrogen) atoms. The van der Waals surface area contributed by atoms with Crippen LogP contribution in [0.15, 0.2) is 18.7 Å². The van der Waals surface area contributed by atoms with Crippen LogP contribution in [0, 0.1) is 0 Å². The summed E-state index contributed by atoms with van der Waals surface area (Å²) in [6, 6.07) is -0.176. The van der Waals surface area contributed by atoms with Gasteiger partial charge in [0, 0.05) is 31.4 Å². The number of carbonyl (C=O) groups is 1. The molecule has 0 radical (unpaired) electrons. The van der Waals surface area contributed by atoms with Crippen LogP contribution in [0.25, 0.3) is 0 Å². The molecule has 2 N–H and O–H groups in total. The van der Waals surface area contributed by atoms with Crippen LogP contribution in [0.2, 0.25) is 0 Å². The minimum atomic E-state index is -0.176. The predicted octanol–water partition coefficient (Wildman–Crippen LogP) is -0.230. The molecule has 0 aliphatic carbocycles. The minimum absolute atomic E-state index is 0.0309. The number of imidazole rings is 1. The van der Waals surface area contributed by atoms with Crippen LogP contribution in [0.5, 0.6) is 0 Å². The Morgan fingerprint density at radius 3 is 3.07 bits per heavy atom. The van der Waals surface area contributed by atoms with Crippen molar-refractivity contribution in [2.75, 3.05) is 6.61 Å². The normalized spacial score (nSPS) is 12.4. The van der Waals surface area contributed by atoms with Crippen molar-refractivity contribution in [1.29, 1.82) is 0 Å². The molecule has 0 saturated carbocycles. The fourth-order valence-corrected chi connectivity index (χ4v) is 1.04. The molecule has 0 aliphatic heterocycles. The second kappa shape index (κ2) is 5.39. The molecule has 0 bridgehead atoms. The standard InChI is InChI=1S/C9H15N3O2/c1-8(6-13)11-9(14)2-4-12-5-3-10-7-12/h3,5,7-8,13H,2,4,6H2,1H3,(H,11,14). The molecule has 1 aromatic heterocycles. The molecular formula is C9H15N3O2. The highest BCUT2D eigenvalue weighted by Crippen LogP contribution is 1.91. The number of carbonyl (C=O) groups excluding carboxylic acids is 1. The molecule has 1 rings (SSSR count). The fourth-order valence-electron chi connectivity index (χ4n) is 1.04. The van der Waals surface area contributed by atoms with Crippen molar-refractivity contribution in [3.05, 3.63) is 18.7 Å². The summed E-state index contributed by atoms with van der Waals surface area (Å²) >= 11 is 0. The third-order valence-corrected chi connectivity index (χ3v) is 1.84. The number of nitrogens with one attached hydrogen (secondary N) is 1. The van der Waals surface area contributed by atoms with Crippen molar-refractivity contribution >= 4 is 5.91 Å². The third-order valence-electron chi connectivity index (χ3n) is 1.84. The van der Waals surface area contributed by atoms with Crippen LogP contribution in [0.4, 0.5) is 0 Å². The summed E-state index contributed by atoms with van der Waals surface area (Å²) in [7, 11) is 0. The Labute approximate surface area is 82.8 Å². The number of aryl methyl sites for hydroxylation is 1. The molecule has 1 amide bonds. The van der Waals surface area contributed by atoms with E-state index in [4.69, 9.17) is 5.11 Å². The summed E-state index contributed by atoms with van der Waals surface area (Å²) in [5, 5.41) is 11.4. The SMILES string of the molecule is CC(CO)NC(=O)CCn1ccnc1. The van der Waals surface area contributed by atoms with Gasteiger partial charge in [-0.3, -0.25) is 4.79 Å². The van der Waals surface area contributed by atoms with Crippen LogP contribution in [0.3, 0.4) is 0 Å². The topological polar surface area (TPSA) is 67.2 Å². The molecule has 0 spiro atoms. The number of nitrogens with zero attached hydrogens (tertiary/aromatic N) is 2. The van der Waals surface area contributed by atoms with E-state index in [1.54, 1.807) is 19.4 Å². The van der Waals surface area contributed by atoms with Crippen LogP contribution in [-0.2, 0) is 11.3 Å². The lowest BCUT2D eigenvalue weighted by molar-refractivity contribution is -0.122. The molecule has 78 valence electrons. The Bertz CT molecular complexity index is 272. The molecule has 5 nitrogen and oxygen atoms in total. The molecule has 0 aliphatic rings. The molecule has 1 atom stereocenters. The smallest absolute Gasteiger partial charge is 0.222 e. The maximum atomic E-state index is 11.3. The zero-order valence-electron chi connectivity index (χ0n) is 8.18. The number of aliphatic hydroxyl groups excluding tert-OH is 1. The zero-order valence-corrected chi connectivity index (χ0v) is 8.18. The monoisotopic (exact) mass is 197 g/mol. The van der Waals surface area contributed by atoms with Crippen LogP contribution in [0.1, 0.15) is 13.3 Å². The van der Waals surface area contributed by atoms with Crippen molar-refractivity contribution in [2.24, 2.45) is 0 Å². The highest BCUT2D eigenvalue weighted by molar-refractivity contribution is 5.76. The Kier molecular flexibility index (Phi) is 4.12. The molecule has 5 heteroatoms. The first-order valence-electron chi connectivity index (χ1n) is 4.58. The summed E-state index contributed by atoms with van der Waals surface area (Å²) in [5.74, 6) is -0.0553. The first-order chi connectivity index (χ1) is 6.72. The summed E-state index contributed by atoms with van der Waals surface area (Å²) in [5.41, 5.74) is 0. The van der Waals surface area contributed by atoms with Crippen molar-refractivity contribution in [3.8, 4) is 0 Å². The average Bonchev–Trinajstić information content (AvgIpc) is 2.67. The molecule has 1 aromatic rings. The average molecular weight is 197 g/mol. The van der Waals surface area contributed by atoms with Gasteiger partial charge < -0.3 is 15.0 Å². The number of hydrogen-bond acceptors (Lipinski definition) is 3. The Morgan fingerprint density at radius 1 is 1.71 bits per heavy atom. The summed E-state index contributed by atoms with van der Waals surface area (Å²) in [6.07, 6.45) is 5.56. The number of amides is 1. The maximum absolute atomic E-state index is 11.3. The van der Waals surface area contributed by atoms with E-state index in [-0.39, 0.29) is 18.6 Å². The molecule has 0 saturated heterocycles. The summed E-state index contributed by atoms with van der Waals surface area (Å²) in [4.78, 5) is 15.1. The molecule has 1 unspecified atom stereocenters. The Morgan fingerprint density at radius 2 is 2.50 bits per heavy atom. The van der Waals surface area contributed by atoms with Crippen molar-refractivity contribution in [3.63, 3.8) is 0 Å². The van der Waals surface area contributed by atoms with Gasteiger partial charge in [0.05, 0.1) is 12.9 Å². The zero-order chi connectivity index (χ0) is 10.4. The number of aromatic nitrogens is 2. The van der Waals surface area contributed by atoms with Gasteiger partial charge in [-0.1, -0.05) is 0 Å². The number of hydrogen-bond donors (Lipinski definition) is 2. The lowest BCUT2D eigenvalue weighted by Gasteiger charge is -2.10. The quantitative estimate of drug-likeness (QED) is 0.685. The van der Waals surface area contributed by atoms with Crippen molar-refractivity contribution < 1.29 is 9.90 Å². The fraction of sp³-hybridized carbons (Fsp3) is 0.556. The highest BCUT2D eigenvalue weighted by Gasteiger charge is 2.05. The predicted molar refractivity (Wildman–Crippen MR) is 51.5 cm³/mol. The third kappa shape index (κ3) is 3.57. The van der Waals surface area contributed by atoms with E-state index in [0.717, 1.165) is 0 Å². The Balaban J connectivity index is 2.22. The van der Waals surface area contributed by atoms with Gasteiger partial charge in [0.1, 0.15) is 0 Å². The van der Waals surface area contributed by atoms with Gasteiger partial charge in [-0.05, 0) is 6.92 Å². The second-order valence-corrected chi connectivity index (χ2v) is 3.20. The van der Waals surface area contributed by atoms with Gasteiger partial charge in [0.15, 0.2) is 0 Å². The summed E-state index contributed by atoms with van der Waals surface area (Å²) < 4.78 is 1.84. The van der Waals surface area contributed by atoms with E-state index < -0.39 is 0 Å². The van der Waals surface area contributed by atoms with Gasteiger partial charge in [-0.25, -0.2) is 4.98 Å². The number of rotatable bonds is 5. The van der Waals surface area contributed by atoms with Gasteiger partial charge in [0.2, 0.25) is 5.91 Å². The van der Waals surface area contributed by atoms with E-state index in [1.807, 2.05) is 10.8 Å². The van der Waals surface area contributed by atoms with Crippen LogP contribution < -0.4 is 5.32 Å². The first kappa shape index (κ1) is 10.7. The first-order valence-corrected chi connectivity index (χ1v) is 4.58. The molecule has 1 heterocycles. The van der Waals surface area contributed by atoms with Gasteiger partial charge in [-0.2, -0.15) is 0 Å². The lowest BCUT2D eigenvalue weighted by Crippen LogP contribution is -2.35. The second-order valence-electron chi connectivity index (χ2n) is 3.20. The van der Waals surface area contributed by atoms with Crippen LogP contribution >= 0.6 is 0 Å². The number of aliphatic hydroxyl groups is 1. The molecular weight excluding hydrogens is 182 g/mol. The molecule has 0 aromatic carbocycles. The van der Waals surface area contributed by atoms with Crippen LogP contribution in [-0.4, -0.2) is 33.2 Å². The van der Waals surface area contributed by atoms with Gasteiger partial charge in [0.25, 0.3) is 0 Å². The Hall–Kier alpha value is -1.36. The largest absolute Gasteiger partial charge is 0.394 e. The molecule has 0 fully saturated rings. The van der Waals surface area contributed by atoms with E-state index in [9.17, 15) is 4.79 Å². The van der Waals surface area contributed by atoms with Crippen molar-refractivity contribution in [1.82, 2.24) is 14.9 Å². The van der Waals surface area contributed by atoms with E-state index in [0.29, 0.717) is 13.0 Å². The van der Waals surface area contributed by atoms with E-state index in [1.165, 1.54) is 0 Å². The highest BCUT2D eigenvalue weighted by atomic mass is 16.3. The van der Waals surface area contributed by atoms with Crippen molar-refractivity contribution in [2.45, 2.75) is 25.9 Å². The van der Waals surface area contributed by atoms with E-state index >= 15 is 0 Å². The van der Waals surface area contributed by atoms with Gasteiger partial charge >= 0.3 is 0 Å².